The molecule has 0 fully saturated rings. The van der Waals surface area contributed by atoms with Crippen LogP contribution in [0.3, 0.4) is 0 Å². The van der Waals surface area contributed by atoms with Gasteiger partial charge in [-0.2, -0.15) is 0 Å². The summed E-state index contributed by atoms with van der Waals surface area (Å²) in [6.07, 6.45) is 6.88. The van der Waals surface area contributed by atoms with Crippen LogP contribution in [0.5, 0.6) is 0 Å². The van der Waals surface area contributed by atoms with E-state index < -0.39 is 0 Å². The van der Waals surface area contributed by atoms with Crippen molar-refractivity contribution in [3.63, 3.8) is 0 Å². The van der Waals surface area contributed by atoms with Gasteiger partial charge in [0, 0.05) is 0 Å². The third kappa shape index (κ3) is 6.96. The van der Waals surface area contributed by atoms with E-state index >= 15 is 0 Å². The van der Waals surface area contributed by atoms with Gasteiger partial charge in [-0.15, -0.1) is 6.58 Å². The summed E-state index contributed by atoms with van der Waals surface area (Å²) in [7, 11) is 0. The van der Waals surface area contributed by atoms with Gasteiger partial charge in [0.25, 0.3) is 0 Å². The van der Waals surface area contributed by atoms with Crippen LogP contribution in [0.1, 0.15) is 44.2 Å². The molecule has 0 aliphatic rings. The van der Waals surface area contributed by atoms with Gasteiger partial charge < -0.3 is 0 Å². The summed E-state index contributed by atoms with van der Waals surface area (Å²) in [4.78, 5) is 0. The standard InChI is InChI=1S/C13H18.C2H6/c1-3-4-5-6-7-13-10-8-12(2)9-11-13;1-2/h3,8-11H,1,4-7H2,2H3;1-2H3. The molecule has 0 nitrogen and oxygen atoms in total. The molecule has 0 aliphatic carbocycles. The number of allylic oxidation sites excluding steroid dienone is 1. The smallest absolute Gasteiger partial charge is 0.0279 e. The molecule has 0 spiro atoms. The molecule has 0 unspecified atom stereocenters. The number of aryl methyl sites for hydroxylation is 2. The van der Waals surface area contributed by atoms with E-state index in [0.717, 1.165) is 6.42 Å². The fourth-order valence-corrected chi connectivity index (χ4v) is 1.37. The zero-order valence-electron chi connectivity index (χ0n) is 10.4. The summed E-state index contributed by atoms with van der Waals surface area (Å²) in [5.41, 5.74) is 2.80. The topological polar surface area (TPSA) is 0 Å². The monoisotopic (exact) mass is 204 g/mol. The maximum atomic E-state index is 3.72. The molecule has 15 heavy (non-hydrogen) atoms. The third-order valence-electron chi connectivity index (χ3n) is 2.24. The van der Waals surface area contributed by atoms with Crippen LogP contribution >= 0.6 is 0 Å². The van der Waals surface area contributed by atoms with Gasteiger partial charge >= 0.3 is 0 Å². The zero-order valence-corrected chi connectivity index (χ0v) is 10.4. The second-order valence-electron chi connectivity index (χ2n) is 3.52. The molecule has 1 rings (SSSR count). The number of unbranched alkanes of at least 4 members (excludes halogenated alkanes) is 2. The van der Waals surface area contributed by atoms with Gasteiger partial charge in [0.15, 0.2) is 0 Å². The normalized spacial score (nSPS) is 9.00. The maximum Gasteiger partial charge on any atom is -0.0279 e. The van der Waals surface area contributed by atoms with Gasteiger partial charge in [0.2, 0.25) is 0 Å². The van der Waals surface area contributed by atoms with E-state index in [2.05, 4.69) is 37.8 Å². The lowest BCUT2D eigenvalue weighted by Crippen LogP contribution is -1.85. The van der Waals surface area contributed by atoms with Crippen molar-refractivity contribution in [3.05, 3.63) is 48.0 Å². The molecule has 0 amide bonds. The summed E-state index contributed by atoms with van der Waals surface area (Å²) < 4.78 is 0. The van der Waals surface area contributed by atoms with E-state index in [1.54, 1.807) is 0 Å². The summed E-state index contributed by atoms with van der Waals surface area (Å²) in [6, 6.07) is 8.82. The van der Waals surface area contributed by atoms with Gasteiger partial charge in [0.1, 0.15) is 0 Å². The molecular formula is C15H24. The minimum Gasteiger partial charge on any atom is -0.103 e. The van der Waals surface area contributed by atoms with Crippen LogP contribution in [0, 0.1) is 6.92 Å². The molecule has 0 heterocycles. The van der Waals surface area contributed by atoms with E-state index in [4.69, 9.17) is 0 Å². The first kappa shape index (κ1) is 14.0. The van der Waals surface area contributed by atoms with Crippen LogP contribution in [0.25, 0.3) is 0 Å². The Morgan fingerprint density at radius 1 is 1.07 bits per heavy atom. The molecule has 1 aromatic carbocycles. The van der Waals surface area contributed by atoms with E-state index in [0.29, 0.717) is 0 Å². The molecule has 0 bridgehead atoms. The van der Waals surface area contributed by atoms with Crippen molar-refractivity contribution in [3.8, 4) is 0 Å². The fraction of sp³-hybridized carbons (Fsp3) is 0.467. The lowest BCUT2D eigenvalue weighted by Gasteiger charge is -2.00. The lowest BCUT2D eigenvalue weighted by molar-refractivity contribution is 0.748. The Hall–Kier alpha value is -1.04. The highest BCUT2D eigenvalue weighted by atomic mass is 14.0. The van der Waals surface area contributed by atoms with Crippen molar-refractivity contribution >= 4 is 0 Å². The number of hydrogen-bond acceptors (Lipinski definition) is 0. The predicted molar refractivity (Wildman–Crippen MR) is 70.3 cm³/mol. The van der Waals surface area contributed by atoms with Gasteiger partial charge in [0.05, 0.1) is 0 Å². The highest BCUT2D eigenvalue weighted by Gasteiger charge is 1.91. The Kier molecular flexibility index (Phi) is 8.85. The number of hydrogen-bond donors (Lipinski definition) is 0. The highest BCUT2D eigenvalue weighted by Crippen LogP contribution is 2.08. The van der Waals surface area contributed by atoms with E-state index in [-0.39, 0.29) is 0 Å². The molecule has 0 aliphatic heterocycles. The van der Waals surface area contributed by atoms with Crippen LogP contribution < -0.4 is 0 Å². The van der Waals surface area contributed by atoms with Crippen LogP contribution in [-0.4, -0.2) is 0 Å². The number of benzene rings is 1. The molecule has 0 saturated heterocycles. The SMILES string of the molecule is C=CCCCCc1ccc(C)cc1.CC. The molecule has 0 N–H and O–H groups in total. The number of rotatable bonds is 5. The van der Waals surface area contributed by atoms with Crippen molar-refractivity contribution in [1.82, 2.24) is 0 Å². The Bertz CT molecular complexity index is 243. The second-order valence-corrected chi connectivity index (χ2v) is 3.52. The molecule has 0 heteroatoms. The summed E-state index contributed by atoms with van der Waals surface area (Å²) in [5, 5.41) is 0. The molecule has 0 radical (unpaired) electrons. The van der Waals surface area contributed by atoms with Crippen molar-refractivity contribution in [2.75, 3.05) is 0 Å². The average molecular weight is 204 g/mol. The van der Waals surface area contributed by atoms with Crippen molar-refractivity contribution in [2.45, 2.75) is 46.5 Å². The lowest BCUT2D eigenvalue weighted by atomic mass is 10.1. The van der Waals surface area contributed by atoms with Crippen molar-refractivity contribution < 1.29 is 0 Å². The summed E-state index contributed by atoms with van der Waals surface area (Å²) >= 11 is 0. The van der Waals surface area contributed by atoms with Crippen molar-refractivity contribution in [2.24, 2.45) is 0 Å². The van der Waals surface area contributed by atoms with Crippen LogP contribution in [0.4, 0.5) is 0 Å². The van der Waals surface area contributed by atoms with Crippen LogP contribution in [0.15, 0.2) is 36.9 Å². The van der Waals surface area contributed by atoms with Gasteiger partial charge in [-0.25, -0.2) is 0 Å². The first-order valence-electron chi connectivity index (χ1n) is 5.99. The molecule has 0 aromatic heterocycles. The Balaban J connectivity index is 0.000000921. The van der Waals surface area contributed by atoms with E-state index in [1.807, 2.05) is 19.9 Å². The third-order valence-corrected chi connectivity index (χ3v) is 2.24. The Morgan fingerprint density at radius 3 is 2.20 bits per heavy atom. The van der Waals surface area contributed by atoms with E-state index in [9.17, 15) is 0 Å². The molecule has 84 valence electrons. The summed E-state index contributed by atoms with van der Waals surface area (Å²) in [6.45, 7) is 9.84. The molecule has 0 saturated carbocycles. The summed E-state index contributed by atoms with van der Waals surface area (Å²) in [5.74, 6) is 0. The zero-order chi connectivity index (χ0) is 11.5. The molecule has 0 atom stereocenters. The first-order valence-corrected chi connectivity index (χ1v) is 5.99. The minimum absolute atomic E-state index is 1.14. The van der Waals surface area contributed by atoms with Crippen LogP contribution in [-0.2, 0) is 6.42 Å². The fourth-order valence-electron chi connectivity index (χ4n) is 1.37. The molecular weight excluding hydrogens is 180 g/mol. The van der Waals surface area contributed by atoms with Crippen molar-refractivity contribution in [1.29, 1.82) is 0 Å². The van der Waals surface area contributed by atoms with Gasteiger partial charge in [-0.1, -0.05) is 49.8 Å². The quantitative estimate of drug-likeness (QED) is 0.472. The molecule has 1 aromatic rings. The minimum atomic E-state index is 1.14. The largest absolute Gasteiger partial charge is 0.103 e. The first-order chi connectivity index (χ1) is 7.33. The van der Waals surface area contributed by atoms with Crippen LogP contribution in [0.2, 0.25) is 0 Å². The van der Waals surface area contributed by atoms with E-state index in [1.165, 1.54) is 30.4 Å². The Labute approximate surface area is 95.0 Å². The highest BCUT2D eigenvalue weighted by molar-refractivity contribution is 5.21. The maximum absolute atomic E-state index is 3.72. The second kappa shape index (κ2) is 9.51. The van der Waals surface area contributed by atoms with Gasteiger partial charge in [-0.3, -0.25) is 0 Å². The van der Waals surface area contributed by atoms with Gasteiger partial charge in [-0.05, 0) is 38.2 Å². The average Bonchev–Trinajstić information content (AvgIpc) is 2.30. The Morgan fingerprint density at radius 2 is 1.67 bits per heavy atom. The predicted octanol–water partition coefficient (Wildman–Crippen LogP) is 4.92.